The molecule has 0 radical (unpaired) electrons. The van der Waals surface area contributed by atoms with E-state index in [1.54, 1.807) is 27.4 Å². The summed E-state index contributed by atoms with van der Waals surface area (Å²) in [4.78, 5) is 0. The molecule has 0 aliphatic heterocycles. The molecule has 3 aromatic rings. The molecule has 0 N–H and O–H groups in total. The summed E-state index contributed by atoms with van der Waals surface area (Å²) in [6.45, 7) is 22.6. The van der Waals surface area contributed by atoms with Crippen molar-refractivity contribution in [3.8, 4) is 0 Å². The first-order valence-electron chi connectivity index (χ1n) is 16.6. The topological polar surface area (TPSA) is 0 Å². The third kappa shape index (κ3) is 9.58. The molecule has 0 saturated heterocycles. The van der Waals surface area contributed by atoms with Gasteiger partial charge in [0, 0.05) is 10.8 Å². The summed E-state index contributed by atoms with van der Waals surface area (Å²) < 4.78 is 1.79. The maximum Gasteiger partial charge on any atom is -1.00 e. The van der Waals surface area contributed by atoms with E-state index >= 15 is 0 Å². The van der Waals surface area contributed by atoms with Gasteiger partial charge in [0.05, 0.1) is 0 Å². The van der Waals surface area contributed by atoms with Crippen LogP contribution in [-0.4, -0.2) is 3.21 Å². The molecule has 45 heavy (non-hydrogen) atoms. The Morgan fingerprint density at radius 2 is 1.24 bits per heavy atom. The van der Waals surface area contributed by atoms with Gasteiger partial charge in [-0.2, -0.15) is 11.6 Å². The van der Waals surface area contributed by atoms with Crippen LogP contribution in [0, 0.1) is 17.4 Å². The minimum atomic E-state index is 0. The van der Waals surface area contributed by atoms with Gasteiger partial charge in [0.2, 0.25) is 0 Å². The molecule has 0 amide bonds. The van der Waals surface area contributed by atoms with Crippen LogP contribution in [0.25, 0.3) is 33.7 Å². The van der Waals surface area contributed by atoms with E-state index in [-0.39, 0.29) is 35.6 Å². The molecule has 0 heterocycles. The Bertz CT molecular complexity index is 1500. The van der Waals surface area contributed by atoms with Crippen LogP contribution in [0.5, 0.6) is 0 Å². The largest absolute Gasteiger partial charge is 1.00 e. The van der Waals surface area contributed by atoms with Gasteiger partial charge >= 0.3 is 79.8 Å². The number of hydrogen-bond acceptors (Lipinski definition) is 0. The fraction of sp³-hybridized carbons (Fsp3) is 0.476. The van der Waals surface area contributed by atoms with E-state index in [0.717, 1.165) is 0 Å². The number of halogens is 2. The van der Waals surface area contributed by atoms with Crippen LogP contribution in [-0.2, 0) is 35.1 Å². The molecule has 3 aliphatic carbocycles. The Hall–Kier alpha value is -1.40. The third-order valence-electron chi connectivity index (χ3n) is 9.25. The van der Waals surface area contributed by atoms with E-state index in [9.17, 15) is 0 Å². The van der Waals surface area contributed by atoms with Crippen molar-refractivity contribution < 1.29 is 49.0 Å². The maximum atomic E-state index is 3.26. The molecule has 3 aromatic carbocycles. The van der Waals surface area contributed by atoms with Crippen LogP contribution >= 0.6 is 0 Å². The molecule has 3 heteroatoms. The van der Waals surface area contributed by atoms with Gasteiger partial charge in [-0.25, -0.2) is 6.08 Å². The smallest absolute Gasteiger partial charge is 1.00 e. The molecular weight excluding hydrogens is 667 g/mol. The Morgan fingerprint density at radius 1 is 0.800 bits per heavy atom. The monoisotopic (exact) mass is 718 g/mol. The third-order valence-corrected chi connectivity index (χ3v) is 10.5. The Morgan fingerprint density at radius 3 is 1.58 bits per heavy atom. The van der Waals surface area contributed by atoms with Gasteiger partial charge in [0.1, 0.15) is 0 Å². The summed E-state index contributed by atoms with van der Waals surface area (Å²) in [6, 6.07) is 11.9. The molecule has 0 nitrogen and oxygen atoms in total. The fourth-order valence-electron chi connectivity index (χ4n) is 6.27. The average Bonchev–Trinajstić information content (AvgIpc) is 3.69. The van der Waals surface area contributed by atoms with Gasteiger partial charge in [-0.15, -0.1) is 39.7 Å². The number of hydrogen-bond donors (Lipinski definition) is 0. The molecule has 1 unspecified atom stereocenters. The van der Waals surface area contributed by atoms with Crippen molar-refractivity contribution in [2.24, 2.45) is 11.3 Å². The molecule has 6 rings (SSSR count). The predicted molar refractivity (Wildman–Crippen MR) is 190 cm³/mol. The Labute approximate surface area is 302 Å². The number of fused-ring (bicyclic) bond motifs is 5. The van der Waals surface area contributed by atoms with E-state index in [0.29, 0.717) is 11.3 Å². The zero-order valence-electron chi connectivity index (χ0n) is 29.4. The van der Waals surface area contributed by atoms with Crippen LogP contribution in [0.15, 0.2) is 60.2 Å². The minimum absolute atomic E-state index is 0. The molecule has 0 fully saturated rings. The number of rotatable bonds is 6. The first-order valence-corrected chi connectivity index (χ1v) is 17.9. The maximum absolute atomic E-state index is 3.26. The van der Waals surface area contributed by atoms with E-state index in [4.69, 9.17) is 0 Å². The predicted octanol–water partition coefficient (Wildman–Crippen LogP) is 6.38. The van der Waals surface area contributed by atoms with E-state index in [1.165, 1.54) is 87.9 Å². The first kappa shape index (κ1) is 39.8. The zero-order valence-corrected chi connectivity index (χ0v) is 33.4. The second kappa shape index (κ2) is 16.1. The van der Waals surface area contributed by atoms with Crippen molar-refractivity contribution in [1.82, 2.24) is 0 Å². The van der Waals surface area contributed by atoms with Crippen molar-refractivity contribution in [2.75, 3.05) is 0 Å². The summed E-state index contributed by atoms with van der Waals surface area (Å²) in [5.74, 6) is 0.522. The molecule has 1 atom stereocenters. The number of allylic oxidation sites excluding steroid dienone is 6. The van der Waals surface area contributed by atoms with Crippen LogP contribution < -0.4 is 24.8 Å². The SMILES string of the molecule is CC1(C)C=Cc2cc3c(cc21)[cH-]c1cc2c(cc13)C=CC2(C)C.CC1[C-]=CC(C(C)(C)C)=C1.CCCC[C](=[Zr+2])CCCC.[Cl-].[Cl-]. The van der Waals surface area contributed by atoms with Gasteiger partial charge in [-0.05, 0) is 11.1 Å². The zero-order chi connectivity index (χ0) is 31.6. The standard InChI is InChI=1S/C23H21.C10H15.C9H18.2ClH.Zr/c1-22(2)7-5-14-10-18-16(12-20(14)22)9-17-13-21-15(11-19(17)18)6-8-23(21,3)4;1-8-5-6-9(7-8)10(2,3)4;1-3-5-7-9-8-6-4-2;;;/h5-13H,1-4H3;6-8H,1-4H3;3-8H2,1-2H3;2*1H;/q2*-1;;;;+2/p-2. The molecule has 3 aliphatic rings. The van der Waals surface area contributed by atoms with Gasteiger partial charge < -0.3 is 24.8 Å². The van der Waals surface area contributed by atoms with Crippen molar-refractivity contribution in [2.45, 2.75) is 119 Å². The Kier molecular flexibility index (Phi) is 14.3. The normalized spacial score (nSPS) is 17.9. The first-order chi connectivity index (χ1) is 20.2. The van der Waals surface area contributed by atoms with E-state index in [2.05, 4.69) is 142 Å². The van der Waals surface area contributed by atoms with Gasteiger partial charge in [0.15, 0.2) is 0 Å². The van der Waals surface area contributed by atoms with E-state index < -0.39 is 0 Å². The summed E-state index contributed by atoms with van der Waals surface area (Å²) in [5, 5.41) is 5.53. The quantitative estimate of drug-likeness (QED) is 0.260. The van der Waals surface area contributed by atoms with Crippen LogP contribution in [0.1, 0.15) is 130 Å². The number of benzene rings is 2. The molecular formula is C42H54Cl2Zr-2. The van der Waals surface area contributed by atoms with Crippen LogP contribution in [0.4, 0.5) is 0 Å². The fourth-order valence-corrected chi connectivity index (χ4v) is 7.13. The Balaban J connectivity index is 0.000000271. The summed E-state index contributed by atoms with van der Waals surface area (Å²) >= 11 is 1.67. The molecule has 0 spiro atoms. The summed E-state index contributed by atoms with van der Waals surface area (Å²) in [6.07, 6.45) is 25.2. The van der Waals surface area contributed by atoms with Gasteiger partial charge in [0.25, 0.3) is 0 Å². The molecule has 242 valence electrons. The molecule has 0 saturated carbocycles. The second-order valence-electron chi connectivity index (χ2n) is 15.1. The summed E-state index contributed by atoms with van der Waals surface area (Å²) in [5.41, 5.74) is 7.69. The van der Waals surface area contributed by atoms with Crippen molar-refractivity contribution in [1.29, 1.82) is 0 Å². The molecule has 0 bridgehead atoms. The van der Waals surface area contributed by atoms with Crippen LogP contribution in [0.2, 0.25) is 0 Å². The number of unbranched alkanes of at least 4 members (excludes halogenated alkanes) is 2. The van der Waals surface area contributed by atoms with Crippen LogP contribution in [0.3, 0.4) is 0 Å². The van der Waals surface area contributed by atoms with Crippen molar-refractivity contribution in [3.05, 3.63) is 88.5 Å². The second-order valence-corrected chi connectivity index (χ2v) is 16.8. The van der Waals surface area contributed by atoms with Gasteiger partial charge in [-0.1, -0.05) is 114 Å². The van der Waals surface area contributed by atoms with Crippen molar-refractivity contribution >= 4 is 36.9 Å². The van der Waals surface area contributed by atoms with E-state index in [1.807, 2.05) is 0 Å². The van der Waals surface area contributed by atoms with Gasteiger partial charge in [-0.3, -0.25) is 6.08 Å². The minimum Gasteiger partial charge on any atom is -1.00 e. The average molecular weight is 721 g/mol. The van der Waals surface area contributed by atoms with Crippen molar-refractivity contribution in [3.63, 3.8) is 0 Å². The summed E-state index contributed by atoms with van der Waals surface area (Å²) in [7, 11) is 0. The molecule has 0 aromatic heterocycles.